The lowest BCUT2D eigenvalue weighted by molar-refractivity contribution is 0.383. The van der Waals surface area contributed by atoms with Crippen LogP contribution in [-0.2, 0) is 6.42 Å². The van der Waals surface area contributed by atoms with Crippen LogP contribution in [0.5, 0.6) is 0 Å². The number of benzene rings is 1. The number of halogens is 2. The summed E-state index contributed by atoms with van der Waals surface area (Å²) in [7, 11) is 0. The van der Waals surface area contributed by atoms with Crippen LogP contribution in [0.2, 0.25) is 0 Å². The minimum absolute atomic E-state index is 0.258. The van der Waals surface area contributed by atoms with Crippen LogP contribution in [0.1, 0.15) is 5.89 Å². The Kier molecular flexibility index (Phi) is 2.97. The predicted molar refractivity (Wildman–Crippen MR) is 54.1 cm³/mol. The van der Waals surface area contributed by atoms with E-state index in [1.807, 2.05) is 0 Å². The van der Waals surface area contributed by atoms with Crippen molar-refractivity contribution in [1.29, 1.82) is 0 Å². The van der Waals surface area contributed by atoms with Crippen LogP contribution in [0, 0.1) is 5.82 Å². The molecule has 15 heavy (non-hydrogen) atoms. The topological polar surface area (TPSA) is 38.9 Å². The maximum Gasteiger partial charge on any atom is 0.228 e. The van der Waals surface area contributed by atoms with Crippen LogP contribution >= 0.6 is 11.6 Å². The van der Waals surface area contributed by atoms with Crippen LogP contribution in [-0.4, -0.2) is 16.0 Å². The molecule has 0 radical (unpaired) electrons. The van der Waals surface area contributed by atoms with E-state index in [0.717, 1.165) is 0 Å². The lowest BCUT2D eigenvalue weighted by Gasteiger charge is -1.94. The zero-order chi connectivity index (χ0) is 10.7. The number of hydrogen-bond donors (Lipinski definition) is 0. The second-order valence-electron chi connectivity index (χ2n) is 2.93. The quantitative estimate of drug-likeness (QED) is 0.756. The molecule has 0 amide bonds. The molecule has 0 bridgehead atoms. The molecule has 0 spiro atoms. The molecule has 5 heteroatoms. The largest absolute Gasteiger partial charge is 0.339 e. The van der Waals surface area contributed by atoms with Gasteiger partial charge in [0.15, 0.2) is 0 Å². The van der Waals surface area contributed by atoms with Crippen LogP contribution in [0.15, 0.2) is 28.8 Å². The molecule has 2 rings (SSSR count). The number of nitrogens with zero attached hydrogens (tertiary/aromatic N) is 2. The molecular weight excluding hydrogens is 219 g/mol. The standard InChI is InChI=1S/C10H8ClFN2O/c11-6-5-9-13-10(14-15-9)7-3-1-2-4-8(7)12/h1-4H,5-6H2. The molecule has 0 saturated heterocycles. The van der Waals surface area contributed by atoms with Crippen molar-refractivity contribution in [3.8, 4) is 11.4 Å². The van der Waals surface area contributed by atoms with E-state index < -0.39 is 0 Å². The first-order valence-electron chi connectivity index (χ1n) is 4.44. The van der Waals surface area contributed by atoms with E-state index in [2.05, 4.69) is 10.1 Å². The Morgan fingerprint density at radius 3 is 2.87 bits per heavy atom. The molecule has 1 heterocycles. The summed E-state index contributed by atoms with van der Waals surface area (Å²) >= 11 is 5.52. The van der Waals surface area contributed by atoms with E-state index in [4.69, 9.17) is 16.1 Å². The average Bonchev–Trinajstić information content (AvgIpc) is 2.68. The van der Waals surface area contributed by atoms with Gasteiger partial charge in [-0.25, -0.2) is 4.39 Å². The Morgan fingerprint density at radius 2 is 2.13 bits per heavy atom. The lowest BCUT2D eigenvalue weighted by Crippen LogP contribution is -1.88. The van der Waals surface area contributed by atoms with Gasteiger partial charge in [0.1, 0.15) is 5.82 Å². The Balaban J connectivity index is 2.33. The highest BCUT2D eigenvalue weighted by molar-refractivity contribution is 6.17. The third-order valence-electron chi connectivity index (χ3n) is 1.89. The number of hydrogen-bond acceptors (Lipinski definition) is 3. The summed E-state index contributed by atoms with van der Waals surface area (Å²) in [6.45, 7) is 0. The van der Waals surface area contributed by atoms with Gasteiger partial charge in [-0.1, -0.05) is 17.3 Å². The van der Waals surface area contributed by atoms with Crippen molar-refractivity contribution in [2.45, 2.75) is 6.42 Å². The first kappa shape index (κ1) is 10.1. The summed E-state index contributed by atoms with van der Waals surface area (Å²) in [5.41, 5.74) is 0.335. The summed E-state index contributed by atoms with van der Waals surface area (Å²) in [4.78, 5) is 4.03. The average molecular weight is 227 g/mol. The highest BCUT2D eigenvalue weighted by atomic mass is 35.5. The normalized spacial score (nSPS) is 10.5. The molecule has 0 N–H and O–H groups in total. The van der Waals surface area contributed by atoms with Gasteiger partial charge in [-0.05, 0) is 12.1 Å². The van der Waals surface area contributed by atoms with Crippen LogP contribution in [0.25, 0.3) is 11.4 Å². The lowest BCUT2D eigenvalue weighted by atomic mass is 10.2. The van der Waals surface area contributed by atoms with Crippen LogP contribution < -0.4 is 0 Å². The molecule has 1 aromatic heterocycles. The van der Waals surface area contributed by atoms with Gasteiger partial charge >= 0.3 is 0 Å². The molecule has 1 aromatic carbocycles. The van der Waals surface area contributed by atoms with E-state index in [9.17, 15) is 4.39 Å². The summed E-state index contributed by atoms with van der Waals surface area (Å²) in [6.07, 6.45) is 0.489. The van der Waals surface area contributed by atoms with Gasteiger partial charge in [0.2, 0.25) is 11.7 Å². The van der Waals surface area contributed by atoms with E-state index in [1.54, 1.807) is 18.2 Å². The van der Waals surface area contributed by atoms with Crippen molar-refractivity contribution >= 4 is 11.6 Å². The monoisotopic (exact) mass is 226 g/mol. The van der Waals surface area contributed by atoms with Gasteiger partial charge in [0.05, 0.1) is 5.56 Å². The number of aryl methyl sites for hydroxylation is 1. The fraction of sp³-hybridized carbons (Fsp3) is 0.200. The third-order valence-corrected chi connectivity index (χ3v) is 2.08. The first-order chi connectivity index (χ1) is 7.31. The van der Waals surface area contributed by atoms with Gasteiger partial charge in [0, 0.05) is 12.3 Å². The minimum Gasteiger partial charge on any atom is -0.339 e. The van der Waals surface area contributed by atoms with Gasteiger partial charge in [-0.3, -0.25) is 0 Å². The predicted octanol–water partition coefficient (Wildman–Crippen LogP) is 2.66. The van der Waals surface area contributed by atoms with Crippen LogP contribution in [0.3, 0.4) is 0 Å². The summed E-state index contributed by atoms with van der Waals surface area (Å²) < 4.78 is 18.2. The Morgan fingerprint density at radius 1 is 1.33 bits per heavy atom. The highest BCUT2D eigenvalue weighted by Gasteiger charge is 2.11. The fourth-order valence-corrected chi connectivity index (χ4v) is 1.35. The van der Waals surface area contributed by atoms with Crippen molar-refractivity contribution in [3.05, 3.63) is 36.0 Å². The Hall–Kier alpha value is -1.42. The molecular formula is C10H8ClFN2O. The summed E-state index contributed by atoms with van der Waals surface area (Å²) in [6, 6.07) is 6.28. The smallest absolute Gasteiger partial charge is 0.228 e. The minimum atomic E-state index is -0.365. The number of rotatable bonds is 3. The zero-order valence-electron chi connectivity index (χ0n) is 7.78. The first-order valence-corrected chi connectivity index (χ1v) is 4.98. The molecule has 3 nitrogen and oxygen atoms in total. The van der Waals surface area contributed by atoms with Crippen molar-refractivity contribution in [1.82, 2.24) is 10.1 Å². The second kappa shape index (κ2) is 4.40. The van der Waals surface area contributed by atoms with E-state index in [1.165, 1.54) is 6.07 Å². The molecule has 78 valence electrons. The SMILES string of the molecule is Fc1ccccc1-c1noc(CCCl)n1. The van der Waals surface area contributed by atoms with Gasteiger partial charge in [0.25, 0.3) is 0 Å². The zero-order valence-corrected chi connectivity index (χ0v) is 8.54. The number of aromatic nitrogens is 2. The van der Waals surface area contributed by atoms with Gasteiger partial charge < -0.3 is 4.52 Å². The second-order valence-corrected chi connectivity index (χ2v) is 3.31. The molecule has 0 unspecified atom stereocenters. The van der Waals surface area contributed by atoms with Gasteiger partial charge in [-0.2, -0.15) is 4.98 Å². The van der Waals surface area contributed by atoms with Crippen LogP contribution in [0.4, 0.5) is 4.39 Å². The van der Waals surface area contributed by atoms with Crippen molar-refractivity contribution in [3.63, 3.8) is 0 Å². The van der Waals surface area contributed by atoms with Crippen molar-refractivity contribution in [2.75, 3.05) is 5.88 Å². The highest BCUT2D eigenvalue weighted by Crippen LogP contribution is 2.19. The Labute approximate surface area is 90.9 Å². The molecule has 0 atom stereocenters. The molecule has 0 aliphatic heterocycles. The van der Waals surface area contributed by atoms with Gasteiger partial charge in [-0.15, -0.1) is 11.6 Å². The van der Waals surface area contributed by atoms with E-state index in [-0.39, 0.29) is 11.6 Å². The molecule has 0 aliphatic carbocycles. The molecule has 2 aromatic rings. The van der Waals surface area contributed by atoms with Crippen molar-refractivity contribution < 1.29 is 8.91 Å². The summed E-state index contributed by atoms with van der Waals surface area (Å²) in [5.74, 6) is 0.714. The Bertz CT molecular complexity index is 458. The van der Waals surface area contributed by atoms with E-state index >= 15 is 0 Å². The molecule has 0 fully saturated rings. The maximum atomic E-state index is 13.3. The fourth-order valence-electron chi connectivity index (χ4n) is 1.19. The molecule has 0 aliphatic rings. The molecule has 0 saturated carbocycles. The summed E-state index contributed by atoms with van der Waals surface area (Å²) in [5, 5.41) is 3.68. The van der Waals surface area contributed by atoms with E-state index in [0.29, 0.717) is 23.8 Å². The third kappa shape index (κ3) is 2.15. The maximum absolute atomic E-state index is 13.3. The van der Waals surface area contributed by atoms with Crippen molar-refractivity contribution in [2.24, 2.45) is 0 Å². The number of alkyl halides is 1.